The molecule has 1 aliphatic rings. The Morgan fingerprint density at radius 1 is 1.05 bits per heavy atom. The highest BCUT2D eigenvalue weighted by molar-refractivity contribution is 5.91. The van der Waals surface area contributed by atoms with Gasteiger partial charge in [0.15, 0.2) is 0 Å². The minimum atomic E-state index is -0.408. The summed E-state index contributed by atoms with van der Waals surface area (Å²) in [4.78, 5) is 2.18. The Balaban J connectivity index is 0.00000121. The van der Waals surface area contributed by atoms with Gasteiger partial charge >= 0.3 is 0 Å². The Labute approximate surface area is 142 Å². The van der Waals surface area contributed by atoms with Crippen LogP contribution in [0, 0.1) is 0 Å². The molecule has 2 N–H and O–H groups in total. The molecule has 3 rings (SSSR count). The van der Waals surface area contributed by atoms with Crippen LogP contribution in [0.4, 0.5) is 4.39 Å². The Kier molecular flexibility index (Phi) is 7.36. The summed E-state index contributed by atoms with van der Waals surface area (Å²) in [5, 5.41) is 15.0. The predicted octanol–water partition coefficient (Wildman–Crippen LogP) is 3.30. The molecule has 1 heterocycles. The number of aromatic hydroxyl groups is 1. The maximum Gasteiger partial charge on any atom is 0.123 e. The largest absolute Gasteiger partial charge is 0.507 e. The van der Waals surface area contributed by atoms with Crippen molar-refractivity contribution in [1.29, 1.82) is 0 Å². The lowest BCUT2D eigenvalue weighted by molar-refractivity contribution is 0.148. The fourth-order valence-electron chi connectivity index (χ4n) is 2.97. The summed E-state index contributed by atoms with van der Waals surface area (Å²) < 4.78 is 13.6. The van der Waals surface area contributed by atoms with Gasteiger partial charge in [-0.15, -0.1) is 24.8 Å². The summed E-state index contributed by atoms with van der Waals surface area (Å²) >= 11 is 0. The molecule has 6 heteroatoms. The molecular weight excluding hydrogens is 326 g/mol. The number of hydrogen-bond donors (Lipinski definition) is 2. The fourth-order valence-corrected chi connectivity index (χ4v) is 2.97. The quantitative estimate of drug-likeness (QED) is 0.894. The molecule has 122 valence electrons. The van der Waals surface area contributed by atoms with E-state index in [0.29, 0.717) is 0 Å². The van der Waals surface area contributed by atoms with E-state index < -0.39 is 6.67 Å². The van der Waals surface area contributed by atoms with Gasteiger partial charge in [-0.2, -0.15) is 0 Å². The molecule has 0 unspecified atom stereocenters. The number of nitrogens with one attached hydrogen (secondary N) is 1. The lowest BCUT2D eigenvalue weighted by Gasteiger charge is -2.34. The number of nitrogens with zero attached hydrogens (tertiary/aromatic N) is 1. The monoisotopic (exact) mass is 346 g/mol. The molecule has 22 heavy (non-hydrogen) atoms. The van der Waals surface area contributed by atoms with Gasteiger partial charge in [-0.05, 0) is 17.0 Å². The summed E-state index contributed by atoms with van der Waals surface area (Å²) in [5.74, 6) is 0.252. The molecule has 0 bridgehead atoms. The smallest absolute Gasteiger partial charge is 0.123 e. The van der Waals surface area contributed by atoms with Gasteiger partial charge in [-0.3, -0.25) is 4.90 Å². The van der Waals surface area contributed by atoms with E-state index in [1.54, 1.807) is 6.07 Å². The van der Waals surface area contributed by atoms with Crippen molar-refractivity contribution in [3.63, 3.8) is 0 Å². The Morgan fingerprint density at radius 2 is 1.68 bits per heavy atom. The van der Waals surface area contributed by atoms with Crippen molar-refractivity contribution in [3.05, 3.63) is 42.0 Å². The number of alkyl halides is 1. The number of phenolic OH excluding ortho intramolecular Hbond substituents is 1. The van der Waals surface area contributed by atoms with Crippen molar-refractivity contribution < 1.29 is 9.50 Å². The molecule has 0 aliphatic carbocycles. The number of phenols is 1. The van der Waals surface area contributed by atoms with Crippen LogP contribution >= 0.6 is 24.8 Å². The first-order valence-electron chi connectivity index (χ1n) is 7.02. The average Bonchev–Trinajstić information content (AvgIpc) is 2.52. The third-order valence-electron chi connectivity index (χ3n) is 4.03. The van der Waals surface area contributed by atoms with Crippen LogP contribution in [0.5, 0.6) is 5.75 Å². The SMILES string of the molecule is Cl.Cl.Oc1ccc([C@@H](CF)N2CCNCC2)c2ccccc12. The lowest BCUT2D eigenvalue weighted by atomic mass is 9.97. The van der Waals surface area contributed by atoms with Crippen molar-refractivity contribution >= 4 is 35.6 Å². The van der Waals surface area contributed by atoms with E-state index in [2.05, 4.69) is 10.2 Å². The van der Waals surface area contributed by atoms with Crippen LogP contribution in [0.25, 0.3) is 10.8 Å². The zero-order chi connectivity index (χ0) is 13.9. The highest BCUT2D eigenvalue weighted by Crippen LogP contribution is 2.33. The maximum absolute atomic E-state index is 13.6. The van der Waals surface area contributed by atoms with Crippen molar-refractivity contribution in [2.75, 3.05) is 32.9 Å². The van der Waals surface area contributed by atoms with Crippen molar-refractivity contribution in [3.8, 4) is 5.75 Å². The number of halogens is 3. The molecule has 1 fully saturated rings. The second-order valence-electron chi connectivity index (χ2n) is 5.18. The van der Waals surface area contributed by atoms with E-state index >= 15 is 0 Å². The second-order valence-corrected chi connectivity index (χ2v) is 5.18. The van der Waals surface area contributed by atoms with Crippen molar-refractivity contribution in [2.24, 2.45) is 0 Å². The molecule has 1 saturated heterocycles. The predicted molar refractivity (Wildman–Crippen MR) is 93.3 cm³/mol. The van der Waals surface area contributed by atoms with Gasteiger partial charge in [0.05, 0.1) is 6.04 Å². The molecule has 0 saturated carbocycles. The first-order chi connectivity index (χ1) is 9.81. The van der Waals surface area contributed by atoms with Crippen LogP contribution in [0.2, 0.25) is 0 Å². The van der Waals surface area contributed by atoms with Crippen LogP contribution < -0.4 is 5.32 Å². The van der Waals surface area contributed by atoms with Gasteiger partial charge in [-0.1, -0.05) is 30.3 Å². The highest BCUT2D eigenvalue weighted by atomic mass is 35.5. The van der Waals surface area contributed by atoms with E-state index in [9.17, 15) is 9.50 Å². The Hall–Kier alpha value is -1.07. The van der Waals surface area contributed by atoms with Gasteiger partial charge in [0.1, 0.15) is 12.4 Å². The minimum absolute atomic E-state index is 0. The molecular formula is C16H21Cl2FN2O. The molecule has 0 radical (unpaired) electrons. The summed E-state index contributed by atoms with van der Waals surface area (Å²) in [5.41, 5.74) is 0.961. The van der Waals surface area contributed by atoms with Crippen molar-refractivity contribution in [2.45, 2.75) is 6.04 Å². The highest BCUT2D eigenvalue weighted by Gasteiger charge is 2.24. The van der Waals surface area contributed by atoms with Gasteiger partial charge in [-0.25, -0.2) is 4.39 Å². The summed E-state index contributed by atoms with van der Waals surface area (Å²) in [6.45, 7) is 3.08. The van der Waals surface area contributed by atoms with Crippen molar-refractivity contribution in [1.82, 2.24) is 10.2 Å². The summed E-state index contributed by atoms with van der Waals surface area (Å²) in [7, 11) is 0. The zero-order valence-electron chi connectivity index (χ0n) is 12.2. The summed E-state index contributed by atoms with van der Waals surface area (Å²) in [6, 6.07) is 10.9. The van der Waals surface area contributed by atoms with E-state index in [-0.39, 0.29) is 36.6 Å². The maximum atomic E-state index is 13.6. The number of fused-ring (bicyclic) bond motifs is 1. The number of piperazine rings is 1. The molecule has 3 nitrogen and oxygen atoms in total. The van der Waals surface area contributed by atoms with Gasteiger partial charge in [0, 0.05) is 31.6 Å². The first-order valence-corrected chi connectivity index (χ1v) is 7.02. The van der Waals surface area contributed by atoms with Crippen LogP contribution in [-0.4, -0.2) is 42.9 Å². The van der Waals surface area contributed by atoms with Crippen LogP contribution in [0.3, 0.4) is 0 Å². The Morgan fingerprint density at radius 3 is 2.32 bits per heavy atom. The normalized spacial score (nSPS) is 16.6. The van der Waals surface area contributed by atoms with Crippen LogP contribution in [0.1, 0.15) is 11.6 Å². The third kappa shape index (κ3) is 3.63. The van der Waals surface area contributed by atoms with E-state index in [1.165, 1.54) is 0 Å². The molecule has 0 aromatic heterocycles. The van der Waals surface area contributed by atoms with Crippen LogP contribution in [-0.2, 0) is 0 Å². The van der Waals surface area contributed by atoms with E-state index in [1.807, 2.05) is 30.3 Å². The second kappa shape index (κ2) is 8.53. The van der Waals surface area contributed by atoms with Gasteiger partial charge in [0.25, 0.3) is 0 Å². The zero-order valence-corrected chi connectivity index (χ0v) is 13.8. The number of rotatable bonds is 3. The number of hydrogen-bond acceptors (Lipinski definition) is 3. The van der Waals surface area contributed by atoms with Crippen LogP contribution in [0.15, 0.2) is 36.4 Å². The molecule has 1 atom stereocenters. The van der Waals surface area contributed by atoms with E-state index in [0.717, 1.165) is 42.5 Å². The third-order valence-corrected chi connectivity index (χ3v) is 4.03. The molecule has 2 aromatic carbocycles. The average molecular weight is 347 g/mol. The summed E-state index contributed by atoms with van der Waals surface area (Å²) in [6.07, 6.45) is 0. The minimum Gasteiger partial charge on any atom is -0.507 e. The molecule has 0 spiro atoms. The molecule has 0 amide bonds. The molecule has 2 aromatic rings. The topological polar surface area (TPSA) is 35.5 Å². The van der Waals surface area contributed by atoms with Gasteiger partial charge < -0.3 is 10.4 Å². The standard InChI is InChI=1S/C16H19FN2O.2ClH/c17-11-15(19-9-7-18-8-10-19)13-5-6-16(20)14-4-2-1-3-12(13)14;;/h1-6,15,18,20H,7-11H2;2*1H/t15-;;/m1../s1. The Bertz CT molecular complexity index is 606. The number of benzene rings is 2. The molecule has 1 aliphatic heterocycles. The lowest BCUT2D eigenvalue weighted by Crippen LogP contribution is -2.45. The van der Waals surface area contributed by atoms with E-state index in [4.69, 9.17) is 0 Å². The first kappa shape index (κ1) is 19.0. The van der Waals surface area contributed by atoms with Gasteiger partial charge in [0.2, 0.25) is 0 Å². The fraction of sp³-hybridized carbons (Fsp3) is 0.375.